The molecule has 0 bridgehead atoms. The highest BCUT2D eigenvalue weighted by Gasteiger charge is 2.38. The van der Waals surface area contributed by atoms with E-state index >= 15 is 0 Å². The standard InChI is InChI=1S/C19H26ClN3O2.ClH/c20-15-5-1-2-7-18(15)23-11-13(10-19(23)24)22-16-6-3-4-14(16)17-12-25-9-8-21-17;/h1-2,5,7,13-14,16-17,21-22H,3-4,6,8-12H2;1H. The largest absolute Gasteiger partial charge is 0.379 e. The van der Waals surface area contributed by atoms with Crippen molar-refractivity contribution in [2.75, 3.05) is 31.2 Å². The first-order valence-corrected chi connectivity index (χ1v) is 9.72. The summed E-state index contributed by atoms with van der Waals surface area (Å²) < 4.78 is 5.65. The summed E-state index contributed by atoms with van der Waals surface area (Å²) in [6, 6.07) is 8.67. The average molecular weight is 400 g/mol. The maximum Gasteiger partial charge on any atom is 0.228 e. The van der Waals surface area contributed by atoms with Gasteiger partial charge < -0.3 is 20.3 Å². The van der Waals surface area contributed by atoms with Crippen LogP contribution in [-0.4, -0.2) is 50.3 Å². The third-order valence-electron chi connectivity index (χ3n) is 5.75. The van der Waals surface area contributed by atoms with E-state index in [1.807, 2.05) is 29.2 Å². The molecule has 0 aromatic heterocycles. The van der Waals surface area contributed by atoms with Gasteiger partial charge in [0.2, 0.25) is 5.91 Å². The van der Waals surface area contributed by atoms with Crippen LogP contribution in [0.1, 0.15) is 25.7 Å². The van der Waals surface area contributed by atoms with E-state index in [0.29, 0.717) is 36.0 Å². The molecular weight excluding hydrogens is 373 g/mol. The van der Waals surface area contributed by atoms with Crippen LogP contribution in [0.15, 0.2) is 24.3 Å². The molecule has 3 fully saturated rings. The Morgan fingerprint density at radius 3 is 2.88 bits per heavy atom. The zero-order valence-corrected chi connectivity index (χ0v) is 16.4. The number of para-hydroxylation sites is 1. The fourth-order valence-corrected chi connectivity index (χ4v) is 4.80. The number of anilines is 1. The second kappa shape index (κ2) is 8.89. The highest BCUT2D eigenvalue weighted by molar-refractivity contribution is 6.33. The van der Waals surface area contributed by atoms with Gasteiger partial charge in [0.1, 0.15) is 0 Å². The van der Waals surface area contributed by atoms with Crippen molar-refractivity contribution in [3.8, 4) is 0 Å². The maximum absolute atomic E-state index is 12.5. The van der Waals surface area contributed by atoms with Crippen LogP contribution < -0.4 is 15.5 Å². The molecular formula is C19H27Cl2N3O2. The summed E-state index contributed by atoms with van der Waals surface area (Å²) in [7, 11) is 0. The number of amides is 1. The minimum Gasteiger partial charge on any atom is -0.379 e. The van der Waals surface area contributed by atoms with Gasteiger partial charge in [-0.1, -0.05) is 30.2 Å². The molecule has 7 heteroatoms. The molecule has 26 heavy (non-hydrogen) atoms. The minimum absolute atomic E-state index is 0. The smallest absolute Gasteiger partial charge is 0.228 e. The molecule has 1 saturated carbocycles. The molecule has 1 aromatic rings. The molecule has 1 amide bonds. The number of rotatable bonds is 4. The number of ether oxygens (including phenoxy) is 1. The Kier molecular flexibility index (Phi) is 6.81. The van der Waals surface area contributed by atoms with Crippen molar-refractivity contribution in [2.24, 2.45) is 5.92 Å². The topological polar surface area (TPSA) is 53.6 Å². The SMILES string of the molecule is Cl.O=C1CC(NC2CCCC2C2COCCN2)CN1c1ccccc1Cl. The number of carbonyl (C=O) groups excluding carboxylic acids is 1. The Labute approximate surface area is 166 Å². The van der Waals surface area contributed by atoms with Crippen LogP contribution in [0, 0.1) is 5.92 Å². The summed E-state index contributed by atoms with van der Waals surface area (Å²) in [4.78, 5) is 14.3. The van der Waals surface area contributed by atoms with E-state index in [2.05, 4.69) is 10.6 Å². The van der Waals surface area contributed by atoms with Crippen molar-refractivity contribution in [2.45, 2.75) is 43.8 Å². The second-order valence-corrected chi connectivity index (χ2v) is 7.77. The van der Waals surface area contributed by atoms with Crippen LogP contribution in [-0.2, 0) is 9.53 Å². The number of halogens is 2. The van der Waals surface area contributed by atoms with Crippen LogP contribution in [0.5, 0.6) is 0 Å². The van der Waals surface area contributed by atoms with E-state index in [4.69, 9.17) is 16.3 Å². The lowest BCUT2D eigenvalue weighted by molar-refractivity contribution is -0.117. The number of morpholine rings is 1. The van der Waals surface area contributed by atoms with Crippen LogP contribution in [0.4, 0.5) is 5.69 Å². The van der Waals surface area contributed by atoms with Crippen molar-refractivity contribution in [1.82, 2.24) is 10.6 Å². The Hall–Kier alpha value is -0.850. The number of hydrogen-bond acceptors (Lipinski definition) is 4. The number of nitrogens with one attached hydrogen (secondary N) is 2. The number of benzene rings is 1. The molecule has 2 N–H and O–H groups in total. The van der Waals surface area contributed by atoms with Gasteiger partial charge >= 0.3 is 0 Å². The highest BCUT2D eigenvalue weighted by Crippen LogP contribution is 2.32. The molecule has 2 aliphatic heterocycles. The molecule has 0 radical (unpaired) electrons. The van der Waals surface area contributed by atoms with Crippen LogP contribution >= 0.6 is 24.0 Å². The fraction of sp³-hybridized carbons (Fsp3) is 0.632. The summed E-state index contributed by atoms with van der Waals surface area (Å²) >= 11 is 6.28. The summed E-state index contributed by atoms with van der Waals surface area (Å²) in [5, 5.41) is 8.02. The van der Waals surface area contributed by atoms with Gasteiger partial charge in [0.05, 0.1) is 23.9 Å². The first-order valence-electron chi connectivity index (χ1n) is 9.34. The van der Waals surface area contributed by atoms with Gasteiger partial charge in [-0.2, -0.15) is 0 Å². The number of carbonyl (C=O) groups is 1. The molecule has 4 atom stereocenters. The summed E-state index contributed by atoms with van der Waals surface area (Å²) in [6.07, 6.45) is 4.20. The molecule has 2 heterocycles. The molecule has 0 spiro atoms. The molecule has 4 rings (SSSR count). The van der Waals surface area contributed by atoms with Gasteiger partial charge in [-0.25, -0.2) is 0 Å². The van der Waals surface area contributed by atoms with E-state index in [1.54, 1.807) is 0 Å². The fourth-order valence-electron chi connectivity index (χ4n) is 4.56. The summed E-state index contributed by atoms with van der Waals surface area (Å²) in [6.45, 7) is 3.25. The first-order chi connectivity index (χ1) is 12.2. The van der Waals surface area contributed by atoms with Crippen molar-refractivity contribution >= 4 is 35.6 Å². The Morgan fingerprint density at radius 1 is 1.27 bits per heavy atom. The highest BCUT2D eigenvalue weighted by atomic mass is 35.5. The maximum atomic E-state index is 12.5. The predicted octanol–water partition coefficient (Wildman–Crippen LogP) is 2.61. The van der Waals surface area contributed by atoms with E-state index in [9.17, 15) is 4.79 Å². The van der Waals surface area contributed by atoms with Crippen LogP contribution in [0.25, 0.3) is 0 Å². The molecule has 1 aromatic carbocycles. The van der Waals surface area contributed by atoms with Crippen LogP contribution in [0.3, 0.4) is 0 Å². The quantitative estimate of drug-likeness (QED) is 0.816. The lowest BCUT2D eigenvalue weighted by Crippen LogP contribution is -2.52. The third kappa shape index (κ3) is 4.18. The van der Waals surface area contributed by atoms with E-state index < -0.39 is 0 Å². The minimum atomic E-state index is 0. The van der Waals surface area contributed by atoms with E-state index in [-0.39, 0.29) is 24.4 Å². The van der Waals surface area contributed by atoms with Gasteiger partial charge in [0, 0.05) is 37.6 Å². The first kappa shape index (κ1) is 19.9. The van der Waals surface area contributed by atoms with Crippen molar-refractivity contribution in [1.29, 1.82) is 0 Å². The zero-order chi connectivity index (χ0) is 17.2. The van der Waals surface area contributed by atoms with Crippen molar-refractivity contribution < 1.29 is 9.53 Å². The predicted molar refractivity (Wildman–Crippen MR) is 106 cm³/mol. The second-order valence-electron chi connectivity index (χ2n) is 7.36. The molecule has 2 saturated heterocycles. The lowest BCUT2D eigenvalue weighted by atomic mass is 9.93. The Bertz CT molecular complexity index is 625. The normalized spacial score (nSPS) is 31.9. The number of nitrogens with zero attached hydrogens (tertiary/aromatic N) is 1. The van der Waals surface area contributed by atoms with Gasteiger partial charge in [0.25, 0.3) is 0 Å². The van der Waals surface area contributed by atoms with E-state index in [0.717, 1.165) is 25.4 Å². The van der Waals surface area contributed by atoms with Gasteiger partial charge in [-0.3, -0.25) is 4.79 Å². The van der Waals surface area contributed by atoms with Crippen molar-refractivity contribution in [3.05, 3.63) is 29.3 Å². The molecule has 3 aliphatic rings. The van der Waals surface area contributed by atoms with Gasteiger partial charge in [-0.05, 0) is 30.9 Å². The number of hydrogen-bond donors (Lipinski definition) is 2. The monoisotopic (exact) mass is 399 g/mol. The van der Waals surface area contributed by atoms with Gasteiger partial charge in [-0.15, -0.1) is 12.4 Å². The molecule has 1 aliphatic carbocycles. The molecule has 5 nitrogen and oxygen atoms in total. The zero-order valence-electron chi connectivity index (χ0n) is 14.8. The third-order valence-corrected chi connectivity index (χ3v) is 6.07. The van der Waals surface area contributed by atoms with Crippen LogP contribution in [0.2, 0.25) is 5.02 Å². The average Bonchev–Trinajstić information content (AvgIpc) is 3.23. The lowest BCUT2D eigenvalue weighted by Gasteiger charge is -2.34. The summed E-state index contributed by atoms with van der Waals surface area (Å²) in [5.74, 6) is 0.740. The Balaban J connectivity index is 0.00000196. The van der Waals surface area contributed by atoms with Gasteiger partial charge in [0.15, 0.2) is 0 Å². The molecule has 144 valence electrons. The van der Waals surface area contributed by atoms with Crippen molar-refractivity contribution in [3.63, 3.8) is 0 Å². The Morgan fingerprint density at radius 2 is 2.12 bits per heavy atom. The molecule has 4 unspecified atom stereocenters. The van der Waals surface area contributed by atoms with E-state index in [1.165, 1.54) is 19.3 Å². The summed E-state index contributed by atoms with van der Waals surface area (Å²) in [5.41, 5.74) is 0.823.